The van der Waals surface area contributed by atoms with Crippen LogP contribution in [0.25, 0.3) is 6.08 Å². The summed E-state index contributed by atoms with van der Waals surface area (Å²) in [5.41, 5.74) is 3.70. The highest BCUT2D eigenvalue weighted by atomic mass is 16.5. The zero-order valence-electron chi connectivity index (χ0n) is 17.4. The lowest BCUT2D eigenvalue weighted by molar-refractivity contribution is -0.123. The average molecular weight is 412 g/mol. The predicted molar refractivity (Wildman–Crippen MR) is 122 cm³/mol. The molecule has 0 fully saturated rings. The van der Waals surface area contributed by atoms with Crippen LogP contribution >= 0.6 is 0 Å². The number of para-hydroxylation sites is 2. The van der Waals surface area contributed by atoms with Crippen molar-refractivity contribution >= 4 is 23.6 Å². The normalized spacial score (nSPS) is 14.2. The molecule has 0 saturated heterocycles. The molecule has 0 spiro atoms. The van der Waals surface area contributed by atoms with Gasteiger partial charge in [-0.3, -0.25) is 14.5 Å². The fraction of sp³-hybridized carbons (Fsp3) is 0.154. The van der Waals surface area contributed by atoms with Gasteiger partial charge in [-0.25, -0.2) is 0 Å². The molecule has 156 valence electrons. The number of carbonyl (C=O) groups is 2. The molecule has 3 aromatic carbocycles. The zero-order chi connectivity index (χ0) is 21.6. The van der Waals surface area contributed by atoms with Crippen molar-refractivity contribution in [3.05, 3.63) is 101 Å². The van der Waals surface area contributed by atoms with E-state index >= 15 is 0 Å². The van der Waals surface area contributed by atoms with E-state index in [9.17, 15) is 9.59 Å². The molecule has 5 heteroatoms. The quantitative estimate of drug-likeness (QED) is 0.620. The molecule has 0 bridgehead atoms. The van der Waals surface area contributed by atoms with Gasteiger partial charge < -0.3 is 10.1 Å². The summed E-state index contributed by atoms with van der Waals surface area (Å²) in [6, 6.07) is 25.0. The Kier molecular flexibility index (Phi) is 6.13. The molecule has 0 saturated carbocycles. The molecule has 1 aliphatic heterocycles. The van der Waals surface area contributed by atoms with E-state index in [0.717, 1.165) is 23.1 Å². The summed E-state index contributed by atoms with van der Waals surface area (Å²) in [5.74, 6) is 0.203. The highest BCUT2D eigenvalue weighted by Crippen LogP contribution is 2.35. The number of aryl methyl sites for hydroxylation is 1. The SMILES string of the molecule is Cc1cccc(/C=C2/Oc3ccccc3N(CC(=O)NCCc3ccccc3)C2=O)c1. The molecule has 3 aromatic rings. The molecular weight excluding hydrogens is 388 g/mol. The number of amides is 2. The second-order valence-corrected chi connectivity index (χ2v) is 7.47. The Bertz CT molecular complexity index is 1120. The minimum atomic E-state index is -0.335. The molecule has 1 aliphatic rings. The Hall–Kier alpha value is -3.86. The van der Waals surface area contributed by atoms with Gasteiger partial charge in [0.25, 0.3) is 5.91 Å². The van der Waals surface area contributed by atoms with Crippen LogP contribution in [0.3, 0.4) is 0 Å². The fourth-order valence-electron chi connectivity index (χ4n) is 3.52. The lowest BCUT2D eigenvalue weighted by Gasteiger charge is -2.30. The monoisotopic (exact) mass is 412 g/mol. The third-order valence-electron chi connectivity index (χ3n) is 5.05. The van der Waals surface area contributed by atoms with Crippen molar-refractivity contribution in [2.24, 2.45) is 0 Å². The van der Waals surface area contributed by atoms with Crippen LogP contribution in [0.15, 0.2) is 84.6 Å². The first-order valence-electron chi connectivity index (χ1n) is 10.3. The van der Waals surface area contributed by atoms with Crippen LogP contribution in [0.2, 0.25) is 0 Å². The lowest BCUT2D eigenvalue weighted by Crippen LogP contribution is -2.44. The molecule has 1 N–H and O–H groups in total. The Morgan fingerprint density at radius 2 is 1.77 bits per heavy atom. The van der Waals surface area contributed by atoms with E-state index < -0.39 is 0 Å². The van der Waals surface area contributed by atoms with Gasteiger partial charge in [0.15, 0.2) is 11.5 Å². The van der Waals surface area contributed by atoms with Gasteiger partial charge in [0.05, 0.1) is 5.69 Å². The van der Waals surface area contributed by atoms with Crippen LogP contribution in [-0.4, -0.2) is 24.9 Å². The van der Waals surface area contributed by atoms with E-state index in [-0.39, 0.29) is 24.1 Å². The first-order chi connectivity index (χ1) is 15.1. The van der Waals surface area contributed by atoms with E-state index in [1.165, 1.54) is 4.90 Å². The van der Waals surface area contributed by atoms with Gasteiger partial charge in [-0.1, -0.05) is 72.3 Å². The third kappa shape index (κ3) is 5.01. The number of nitrogens with zero attached hydrogens (tertiary/aromatic N) is 1. The molecule has 31 heavy (non-hydrogen) atoms. The van der Waals surface area contributed by atoms with E-state index in [0.29, 0.717) is 18.0 Å². The molecule has 0 unspecified atom stereocenters. The number of anilines is 1. The summed E-state index contributed by atoms with van der Waals surface area (Å²) >= 11 is 0. The van der Waals surface area contributed by atoms with Crippen LogP contribution < -0.4 is 15.0 Å². The number of nitrogens with one attached hydrogen (secondary N) is 1. The average Bonchev–Trinajstić information content (AvgIpc) is 2.77. The smallest absolute Gasteiger partial charge is 0.294 e. The molecule has 2 amide bonds. The minimum Gasteiger partial charge on any atom is -0.449 e. The van der Waals surface area contributed by atoms with E-state index in [4.69, 9.17) is 4.74 Å². The maximum Gasteiger partial charge on any atom is 0.294 e. The number of fused-ring (bicyclic) bond motifs is 1. The van der Waals surface area contributed by atoms with Crippen LogP contribution in [0.5, 0.6) is 5.75 Å². The van der Waals surface area contributed by atoms with Crippen molar-refractivity contribution < 1.29 is 14.3 Å². The van der Waals surface area contributed by atoms with Crippen LogP contribution in [-0.2, 0) is 16.0 Å². The van der Waals surface area contributed by atoms with Crippen molar-refractivity contribution in [2.45, 2.75) is 13.3 Å². The molecule has 0 atom stereocenters. The van der Waals surface area contributed by atoms with Gasteiger partial charge in [0, 0.05) is 6.54 Å². The van der Waals surface area contributed by atoms with Gasteiger partial charge in [0.2, 0.25) is 5.91 Å². The van der Waals surface area contributed by atoms with Crippen LogP contribution in [0.4, 0.5) is 5.69 Å². The standard InChI is InChI=1S/C26H24N2O3/c1-19-8-7-11-21(16-19)17-24-26(30)28(22-12-5-6-13-23(22)31-24)18-25(29)27-15-14-20-9-3-2-4-10-20/h2-13,16-17H,14-15,18H2,1H3,(H,27,29)/b24-17+. The minimum absolute atomic E-state index is 0.0703. The Morgan fingerprint density at radius 1 is 1.00 bits per heavy atom. The Morgan fingerprint density at radius 3 is 2.58 bits per heavy atom. The molecule has 4 rings (SSSR count). The number of hydrogen-bond acceptors (Lipinski definition) is 3. The Balaban J connectivity index is 1.50. The molecule has 5 nitrogen and oxygen atoms in total. The van der Waals surface area contributed by atoms with Crippen molar-refractivity contribution in [2.75, 3.05) is 18.0 Å². The molecule has 0 radical (unpaired) electrons. The molecule has 0 aromatic heterocycles. The van der Waals surface area contributed by atoms with E-state index in [2.05, 4.69) is 5.32 Å². The fourth-order valence-corrected chi connectivity index (χ4v) is 3.52. The van der Waals surface area contributed by atoms with Gasteiger partial charge in [0.1, 0.15) is 6.54 Å². The molecule has 0 aliphatic carbocycles. The van der Waals surface area contributed by atoms with Crippen molar-refractivity contribution in [1.29, 1.82) is 0 Å². The lowest BCUT2D eigenvalue weighted by atomic mass is 10.1. The number of rotatable bonds is 6. The van der Waals surface area contributed by atoms with Gasteiger partial charge >= 0.3 is 0 Å². The predicted octanol–water partition coefficient (Wildman–Crippen LogP) is 4.12. The number of hydrogen-bond donors (Lipinski definition) is 1. The largest absolute Gasteiger partial charge is 0.449 e. The van der Waals surface area contributed by atoms with Crippen molar-refractivity contribution in [1.82, 2.24) is 5.32 Å². The number of carbonyl (C=O) groups excluding carboxylic acids is 2. The maximum atomic E-state index is 13.2. The zero-order valence-corrected chi connectivity index (χ0v) is 17.4. The summed E-state index contributed by atoms with van der Waals surface area (Å²) in [7, 11) is 0. The summed E-state index contributed by atoms with van der Waals surface area (Å²) in [6.07, 6.45) is 2.45. The molecule has 1 heterocycles. The Labute approximate surface area is 182 Å². The number of benzene rings is 3. The van der Waals surface area contributed by atoms with Crippen molar-refractivity contribution in [3.63, 3.8) is 0 Å². The second kappa shape index (κ2) is 9.30. The number of ether oxygens (including phenoxy) is 1. The summed E-state index contributed by atoms with van der Waals surface area (Å²) < 4.78 is 5.88. The second-order valence-electron chi connectivity index (χ2n) is 7.47. The van der Waals surface area contributed by atoms with Crippen LogP contribution in [0, 0.1) is 6.92 Å². The summed E-state index contributed by atoms with van der Waals surface area (Å²) in [6.45, 7) is 2.43. The first kappa shape index (κ1) is 20.4. The highest BCUT2D eigenvalue weighted by Gasteiger charge is 2.31. The van der Waals surface area contributed by atoms with E-state index in [1.807, 2.05) is 73.7 Å². The van der Waals surface area contributed by atoms with Gasteiger partial charge in [-0.05, 0) is 42.7 Å². The van der Waals surface area contributed by atoms with Crippen LogP contribution in [0.1, 0.15) is 16.7 Å². The van der Waals surface area contributed by atoms with E-state index in [1.54, 1.807) is 18.2 Å². The first-order valence-corrected chi connectivity index (χ1v) is 10.3. The maximum absolute atomic E-state index is 13.2. The molecular formula is C26H24N2O3. The third-order valence-corrected chi connectivity index (χ3v) is 5.05. The summed E-state index contributed by atoms with van der Waals surface area (Å²) in [4.78, 5) is 27.2. The topological polar surface area (TPSA) is 58.6 Å². The van der Waals surface area contributed by atoms with Crippen molar-refractivity contribution in [3.8, 4) is 5.75 Å². The van der Waals surface area contributed by atoms with Gasteiger partial charge in [-0.15, -0.1) is 0 Å². The van der Waals surface area contributed by atoms with Gasteiger partial charge in [-0.2, -0.15) is 0 Å². The summed E-state index contributed by atoms with van der Waals surface area (Å²) in [5, 5.41) is 2.91. The highest BCUT2D eigenvalue weighted by molar-refractivity contribution is 6.12.